The minimum Gasteiger partial charge on any atom is -0.486 e. The summed E-state index contributed by atoms with van der Waals surface area (Å²) in [5.74, 6) is 0.477. The van der Waals surface area contributed by atoms with E-state index in [1.54, 1.807) is 23.1 Å². The van der Waals surface area contributed by atoms with E-state index in [1.807, 2.05) is 0 Å². The topological polar surface area (TPSA) is 65.1 Å². The molecule has 0 radical (unpaired) electrons. The van der Waals surface area contributed by atoms with Crippen LogP contribution in [-0.4, -0.2) is 49.7 Å². The Morgan fingerprint density at radius 1 is 1.10 bits per heavy atom. The molecule has 0 spiro atoms. The second-order valence-corrected chi connectivity index (χ2v) is 5.02. The van der Waals surface area contributed by atoms with Gasteiger partial charge in [0.1, 0.15) is 13.2 Å². The van der Waals surface area contributed by atoms with Crippen LogP contribution >= 0.6 is 0 Å². The zero-order valence-corrected chi connectivity index (χ0v) is 11.7. The van der Waals surface area contributed by atoms with Gasteiger partial charge < -0.3 is 19.1 Å². The summed E-state index contributed by atoms with van der Waals surface area (Å²) in [7, 11) is 0. The summed E-state index contributed by atoms with van der Waals surface area (Å²) in [6.07, 6.45) is 2.03. The highest BCUT2D eigenvalue weighted by atomic mass is 16.6. The van der Waals surface area contributed by atoms with Crippen LogP contribution in [0.5, 0.6) is 11.5 Å². The van der Waals surface area contributed by atoms with Crippen molar-refractivity contribution >= 4 is 11.9 Å². The quantitative estimate of drug-likeness (QED) is 0.784. The number of amides is 1. The van der Waals surface area contributed by atoms with E-state index in [1.165, 1.54) is 0 Å². The van der Waals surface area contributed by atoms with Crippen LogP contribution in [0.15, 0.2) is 18.2 Å². The molecule has 6 heteroatoms. The van der Waals surface area contributed by atoms with Gasteiger partial charge in [-0.1, -0.05) is 0 Å². The lowest BCUT2D eigenvalue weighted by atomic mass is 10.2. The average molecular weight is 291 g/mol. The third kappa shape index (κ3) is 3.09. The molecule has 1 amide bonds. The third-order valence-electron chi connectivity index (χ3n) is 3.56. The monoisotopic (exact) mass is 291 g/mol. The molecule has 1 aromatic carbocycles. The van der Waals surface area contributed by atoms with Crippen LogP contribution in [0.2, 0.25) is 0 Å². The number of benzene rings is 1. The lowest BCUT2D eigenvalue weighted by molar-refractivity contribution is -0.133. The van der Waals surface area contributed by atoms with E-state index >= 15 is 0 Å². The van der Waals surface area contributed by atoms with Crippen LogP contribution in [0.3, 0.4) is 0 Å². The highest BCUT2D eigenvalue weighted by Gasteiger charge is 2.20. The van der Waals surface area contributed by atoms with E-state index in [0.29, 0.717) is 30.3 Å². The van der Waals surface area contributed by atoms with Crippen LogP contribution < -0.4 is 9.47 Å². The Labute approximate surface area is 122 Å². The van der Waals surface area contributed by atoms with E-state index in [9.17, 15) is 9.59 Å². The standard InChI is InChI=1S/C15H17NO5/c17-14(16-5-1-2-6-16)10-21-15(18)11-3-4-12-13(9-11)20-8-7-19-12/h3-4,9H,1-2,5-8,10H2. The molecular formula is C15H17NO5. The van der Waals surface area contributed by atoms with Gasteiger partial charge in [-0.05, 0) is 31.0 Å². The number of esters is 1. The van der Waals surface area contributed by atoms with Crippen LogP contribution in [0.1, 0.15) is 23.2 Å². The molecule has 112 valence electrons. The van der Waals surface area contributed by atoms with E-state index in [4.69, 9.17) is 14.2 Å². The molecule has 1 aromatic rings. The number of likely N-dealkylation sites (tertiary alicyclic amines) is 1. The molecule has 0 N–H and O–H groups in total. The second-order valence-electron chi connectivity index (χ2n) is 5.02. The molecule has 0 saturated carbocycles. The van der Waals surface area contributed by atoms with Gasteiger partial charge in [0.2, 0.25) is 0 Å². The fraction of sp³-hybridized carbons (Fsp3) is 0.467. The van der Waals surface area contributed by atoms with Crippen molar-refractivity contribution in [3.8, 4) is 11.5 Å². The predicted molar refractivity (Wildman–Crippen MR) is 73.5 cm³/mol. The maximum absolute atomic E-state index is 12.0. The van der Waals surface area contributed by atoms with Gasteiger partial charge in [-0.25, -0.2) is 4.79 Å². The van der Waals surface area contributed by atoms with Gasteiger partial charge in [0.05, 0.1) is 5.56 Å². The summed E-state index contributed by atoms with van der Waals surface area (Å²) >= 11 is 0. The first-order valence-corrected chi connectivity index (χ1v) is 7.08. The van der Waals surface area contributed by atoms with Gasteiger partial charge in [-0.3, -0.25) is 4.79 Å². The van der Waals surface area contributed by atoms with Crippen molar-refractivity contribution in [3.05, 3.63) is 23.8 Å². The molecular weight excluding hydrogens is 274 g/mol. The minimum atomic E-state index is -0.528. The number of rotatable bonds is 3. The summed E-state index contributed by atoms with van der Waals surface area (Å²) in [6, 6.07) is 4.86. The summed E-state index contributed by atoms with van der Waals surface area (Å²) < 4.78 is 15.9. The number of carbonyl (C=O) groups excluding carboxylic acids is 2. The molecule has 21 heavy (non-hydrogen) atoms. The van der Waals surface area contributed by atoms with Crippen molar-refractivity contribution in [1.29, 1.82) is 0 Å². The average Bonchev–Trinajstić information content (AvgIpc) is 3.06. The van der Waals surface area contributed by atoms with Crippen molar-refractivity contribution in [2.24, 2.45) is 0 Å². The lowest BCUT2D eigenvalue weighted by Crippen LogP contribution is -2.32. The maximum Gasteiger partial charge on any atom is 0.338 e. The summed E-state index contributed by atoms with van der Waals surface area (Å²) in [5.41, 5.74) is 0.355. The normalized spacial score (nSPS) is 16.7. The number of ether oxygens (including phenoxy) is 3. The first-order chi connectivity index (χ1) is 10.2. The van der Waals surface area contributed by atoms with Gasteiger partial charge >= 0.3 is 5.97 Å². The number of carbonyl (C=O) groups is 2. The van der Waals surface area contributed by atoms with Crippen LogP contribution in [0.25, 0.3) is 0 Å². The molecule has 2 heterocycles. The molecule has 1 fully saturated rings. The lowest BCUT2D eigenvalue weighted by Gasteiger charge is -2.18. The molecule has 3 rings (SSSR count). The first-order valence-electron chi connectivity index (χ1n) is 7.08. The highest BCUT2D eigenvalue weighted by Crippen LogP contribution is 2.30. The summed E-state index contributed by atoms with van der Waals surface area (Å²) in [5, 5.41) is 0. The van der Waals surface area contributed by atoms with Gasteiger partial charge in [-0.2, -0.15) is 0 Å². The maximum atomic E-state index is 12.0. The highest BCUT2D eigenvalue weighted by molar-refractivity contribution is 5.92. The first kappa shape index (κ1) is 13.7. The predicted octanol–water partition coefficient (Wildman–Crippen LogP) is 1.24. The van der Waals surface area contributed by atoms with Crippen molar-refractivity contribution < 1.29 is 23.8 Å². The van der Waals surface area contributed by atoms with Crippen LogP contribution in [-0.2, 0) is 9.53 Å². The van der Waals surface area contributed by atoms with Gasteiger partial charge in [0, 0.05) is 13.1 Å². The molecule has 6 nitrogen and oxygen atoms in total. The SMILES string of the molecule is O=C(OCC(=O)N1CCCC1)c1ccc2c(c1)OCCO2. The zero-order valence-electron chi connectivity index (χ0n) is 11.7. The Morgan fingerprint density at radius 2 is 1.81 bits per heavy atom. The Morgan fingerprint density at radius 3 is 2.57 bits per heavy atom. The third-order valence-corrected chi connectivity index (χ3v) is 3.56. The van der Waals surface area contributed by atoms with E-state index < -0.39 is 5.97 Å². The molecule has 0 aromatic heterocycles. The molecule has 2 aliphatic heterocycles. The summed E-state index contributed by atoms with van der Waals surface area (Å²) in [4.78, 5) is 25.5. The molecule has 0 bridgehead atoms. The number of fused-ring (bicyclic) bond motifs is 1. The van der Waals surface area contributed by atoms with E-state index in [2.05, 4.69) is 0 Å². The largest absolute Gasteiger partial charge is 0.486 e. The Balaban J connectivity index is 1.58. The van der Waals surface area contributed by atoms with Crippen molar-refractivity contribution in [3.63, 3.8) is 0 Å². The van der Waals surface area contributed by atoms with Crippen LogP contribution in [0, 0.1) is 0 Å². The van der Waals surface area contributed by atoms with Gasteiger partial charge in [0.25, 0.3) is 5.91 Å². The molecule has 0 aliphatic carbocycles. The van der Waals surface area contributed by atoms with Gasteiger partial charge in [-0.15, -0.1) is 0 Å². The zero-order chi connectivity index (χ0) is 14.7. The van der Waals surface area contributed by atoms with Crippen molar-refractivity contribution in [1.82, 2.24) is 4.90 Å². The smallest absolute Gasteiger partial charge is 0.338 e. The Bertz CT molecular complexity index is 551. The molecule has 0 unspecified atom stereocenters. The van der Waals surface area contributed by atoms with Crippen molar-refractivity contribution in [2.75, 3.05) is 32.9 Å². The molecule has 1 saturated heterocycles. The second kappa shape index (κ2) is 6.03. The van der Waals surface area contributed by atoms with Crippen LogP contribution in [0.4, 0.5) is 0 Å². The van der Waals surface area contributed by atoms with Crippen molar-refractivity contribution in [2.45, 2.75) is 12.8 Å². The Hall–Kier alpha value is -2.24. The molecule has 0 atom stereocenters. The fourth-order valence-corrected chi connectivity index (χ4v) is 2.44. The van der Waals surface area contributed by atoms with Gasteiger partial charge in [0.15, 0.2) is 18.1 Å². The minimum absolute atomic E-state index is 0.140. The molecule has 2 aliphatic rings. The van der Waals surface area contributed by atoms with E-state index in [0.717, 1.165) is 25.9 Å². The summed E-state index contributed by atoms with van der Waals surface area (Å²) in [6.45, 7) is 2.24. The number of nitrogens with zero attached hydrogens (tertiary/aromatic N) is 1. The van der Waals surface area contributed by atoms with E-state index in [-0.39, 0.29) is 12.5 Å². The number of hydrogen-bond acceptors (Lipinski definition) is 5. The number of hydrogen-bond donors (Lipinski definition) is 0. The fourth-order valence-electron chi connectivity index (χ4n) is 2.44. The Kier molecular flexibility index (Phi) is 3.94.